The van der Waals surface area contributed by atoms with Gasteiger partial charge in [0.15, 0.2) is 0 Å². The van der Waals surface area contributed by atoms with Gasteiger partial charge < -0.3 is 19.7 Å². The van der Waals surface area contributed by atoms with Crippen LogP contribution in [-0.2, 0) is 14.3 Å². The molecule has 0 spiro atoms. The third-order valence-corrected chi connectivity index (χ3v) is 2.33. The van der Waals surface area contributed by atoms with Gasteiger partial charge in [-0.05, 0) is 0 Å². The molecule has 15 heavy (non-hydrogen) atoms. The third-order valence-electron chi connectivity index (χ3n) is 2.33. The summed E-state index contributed by atoms with van der Waals surface area (Å²) in [5.41, 5.74) is 0. The van der Waals surface area contributed by atoms with E-state index in [1.165, 1.54) is 7.11 Å². The van der Waals surface area contributed by atoms with E-state index in [1.54, 1.807) is 4.90 Å². The molecule has 1 rings (SSSR count). The molecule has 2 N–H and O–H groups in total. The van der Waals surface area contributed by atoms with Crippen LogP contribution in [0, 0.1) is 0 Å². The molecule has 1 heterocycles. The highest BCUT2D eigenvalue weighted by atomic mass is 16.5. The van der Waals surface area contributed by atoms with Crippen molar-refractivity contribution in [2.24, 2.45) is 0 Å². The molecule has 2 atom stereocenters. The highest BCUT2D eigenvalue weighted by Crippen LogP contribution is 2.08. The first kappa shape index (κ1) is 12.4. The van der Waals surface area contributed by atoms with E-state index in [4.69, 9.17) is 14.6 Å². The van der Waals surface area contributed by atoms with Gasteiger partial charge in [0.2, 0.25) is 0 Å². The van der Waals surface area contributed by atoms with Gasteiger partial charge >= 0.3 is 5.97 Å². The largest absolute Gasteiger partial charge is 0.480 e. The summed E-state index contributed by atoms with van der Waals surface area (Å²) >= 11 is 0. The summed E-state index contributed by atoms with van der Waals surface area (Å²) in [4.78, 5) is 12.6. The number of nitrogens with zero attached hydrogens (tertiary/aromatic N) is 1. The van der Waals surface area contributed by atoms with E-state index >= 15 is 0 Å². The Morgan fingerprint density at radius 3 is 3.07 bits per heavy atom. The lowest BCUT2D eigenvalue weighted by atomic mass is 10.2. The molecule has 0 aromatic heterocycles. The molecule has 0 aromatic rings. The van der Waals surface area contributed by atoms with E-state index in [0.29, 0.717) is 19.7 Å². The van der Waals surface area contributed by atoms with Crippen molar-refractivity contribution in [1.29, 1.82) is 0 Å². The van der Waals surface area contributed by atoms with Crippen molar-refractivity contribution < 1.29 is 24.5 Å². The summed E-state index contributed by atoms with van der Waals surface area (Å²) in [6, 6.07) is -0.662. The molecule has 0 amide bonds. The number of rotatable bonds is 5. The van der Waals surface area contributed by atoms with Crippen molar-refractivity contribution in [1.82, 2.24) is 4.90 Å². The molecule has 0 aromatic carbocycles. The zero-order valence-corrected chi connectivity index (χ0v) is 8.76. The Hall–Kier alpha value is -0.690. The molecule has 0 saturated carbocycles. The molecule has 6 nitrogen and oxygen atoms in total. The predicted octanol–water partition coefficient (Wildman–Crippen LogP) is -1.22. The van der Waals surface area contributed by atoms with Gasteiger partial charge in [0.1, 0.15) is 6.04 Å². The number of β-amino-alcohol motifs (C(OH)–C–C–N with tert-alkyl or cyclic N) is 1. The van der Waals surface area contributed by atoms with Crippen molar-refractivity contribution in [2.75, 3.05) is 40.0 Å². The van der Waals surface area contributed by atoms with E-state index in [0.717, 1.165) is 0 Å². The molecule has 0 radical (unpaired) electrons. The Bertz CT molecular complexity index is 211. The number of aliphatic hydroxyl groups excluding tert-OH is 1. The minimum atomic E-state index is -0.917. The maximum absolute atomic E-state index is 10.9. The topological polar surface area (TPSA) is 79.2 Å². The lowest BCUT2D eigenvalue weighted by Gasteiger charge is -2.33. The standard InChI is InChI=1S/C9H17NO5/c1-14-5-7(11)4-10-2-3-15-6-8(10)9(12)13/h7-8,11H,2-6H2,1H3,(H,12,13). The van der Waals surface area contributed by atoms with Crippen molar-refractivity contribution in [3.05, 3.63) is 0 Å². The summed E-state index contributed by atoms with van der Waals surface area (Å²) in [7, 11) is 1.50. The van der Waals surface area contributed by atoms with Gasteiger partial charge in [-0.2, -0.15) is 0 Å². The van der Waals surface area contributed by atoms with Crippen LogP contribution < -0.4 is 0 Å². The van der Waals surface area contributed by atoms with Crippen LogP contribution in [0.25, 0.3) is 0 Å². The Labute approximate surface area is 88.4 Å². The molecular weight excluding hydrogens is 202 g/mol. The van der Waals surface area contributed by atoms with Crippen molar-refractivity contribution in [3.8, 4) is 0 Å². The lowest BCUT2D eigenvalue weighted by molar-refractivity contribution is -0.150. The van der Waals surface area contributed by atoms with E-state index in [1.807, 2.05) is 0 Å². The van der Waals surface area contributed by atoms with Crippen LogP contribution in [0.1, 0.15) is 0 Å². The first-order valence-electron chi connectivity index (χ1n) is 4.86. The monoisotopic (exact) mass is 219 g/mol. The van der Waals surface area contributed by atoms with Crippen LogP contribution in [0.15, 0.2) is 0 Å². The number of carboxylic acid groups (broad SMARTS) is 1. The number of hydrogen-bond acceptors (Lipinski definition) is 5. The van der Waals surface area contributed by atoms with Gasteiger partial charge in [-0.1, -0.05) is 0 Å². The van der Waals surface area contributed by atoms with E-state index < -0.39 is 18.1 Å². The minimum absolute atomic E-state index is 0.176. The first-order valence-corrected chi connectivity index (χ1v) is 4.86. The van der Waals surface area contributed by atoms with Gasteiger partial charge in [0.05, 0.1) is 25.9 Å². The number of ether oxygens (including phenoxy) is 2. The van der Waals surface area contributed by atoms with E-state index in [-0.39, 0.29) is 13.2 Å². The highest BCUT2D eigenvalue weighted by Gasteiger charge is 2.30. The van der Waals surface area contributed by atoms with Crippen LogP contribution in [0.5, 0.6) is 0 Å². The second kappa shape index (κ2) is 6.02. The van der Waals surface area contributed by atoms with Crippen molar-refractivity contribution in [2.45, 2.75) is 12.1 Å². The number of carboxylic acids is 1. The van der Waals surface area contributed by atoms with Gasteiger partial charge in [-0.3, -0.25) is 9.69 Å². The van der Waals surface area contributed by atoms with Gasteiger partial charge in [0.25, 0.3) is 0 Å². The van der Waals surface area contributed by atoms with Crippen LogP contribution in [0.3, 0.4) is 0 Å². The number of carbonyl (C=O) groups is 1. The fourth-order valence-corrected chi connectivity index (χ4v) is 1.60. The average molecular weight is 219 g/mol. The first-order chi connectivity index (χ1) is 7.15. The molecule has 1 saturated heterocycles. The SMILES string of the molecule is COCC(O)CN1CCOCC1C(=O)O. The molecule has 1 aliphatic heterocycles. The molecule has 0 aliphatic carbocycles. The summed E-state index contributed by atoms with van der Waals surface area (Å²) < 4.78 is 9.87. The number of morpholine rings is 1. The second-order valence-corrected chi connectivity index (χ2v) is 3.53. The fraction of sp³-hybridized carbons (Fsp3) is 0.889. The Balaban J connectivity index is 2.45. The maximum Gasteiger partial charge on any atom is 0.323 e. The van der Waals surface area contributed by atoms with Crippen molar-refractivity contribution in [3.63, 3.8) is 0 Å². The van der Waals surface area contributed by atoms with Gasteiger partial charge in [-0.25, -0.2) is 0 Å². The minimum Gasteiger partial charge on any atom is -0.480 e. The molecular formula is C9H17NO5. The normalized spacial score (nSPS) is 25.1. The number of aliphatic carboxylic acids is 1. The van der Waals surface area contributed by atoms with Crippen LogP contribution in [-0.4, -0.2) is 73.2 Å². The summed E-state index contributed by atoms with van der Waals surface area (Å²) in [5, 5.41) is 18.4. The predicted molar refractivity (Wildman–Crippen MR) is 51.7 cm³/mol. The second-order valence-electron chi connectivity index (χ2n) is 3.53. The van der Waals surface area contributed by atoms with Crippen LogP contribution in [0.2, 0.25) is 0 Å². The molecule has 0 bridgehead atoms. The Morgan fingerprint density at radius 1 is 1.73 bits per heavy atom. The fourth-order valence-electron chi connectivity index (χ4n) is 1.60. The number of aliphatic hydroxyl groups is 1. The summed E-state index contributed by atoms with van der Waals surface area (Å²) in [6.07, 6.45) is -0.657. The molecule has 1 aliphatic rings. The third kappa shape index (κ3) is 3.75. The Kier molecular flexibility index (Phi) is 4.97. The molecule has 88 valence electrons. The van der Waals surface area contributed by atoms with Crippen molar-refractivity contribution >= 4 is 5.97 Å². The van der Waals surface area contributed by atoms with E-state index in [9.17, 15) is 9.90 Å². The highest BCUT2D eigenvalue weighted by molar-refractivity contribution is 5.73. The molecule has 6 heteroatoms. The number of methoxy groups -OCH3 is 1. The van der Waals surface area contributed by atoms with E-state index in [2.05, 4.69) is 0 Å². The quantitative estimate of drug-likeness (QED) is 0.603. The van der Waals surface area contributed by atoms with Crippen LogP contribution in [0.4, 0.5) is 0 Å². The smallest absolute Gasteiger partial charge is 0.323 e. The maximum atomic E-state index is 10.9. The number of hydrogen-bond donors (Lipinski definition) is 2. The summed E-state index contributed by atoms with van der Waals surface area (Å²) in [5.74, 6) is -0.917. The van der Waals surface area contributed by atoms with Gasteiger partial charge in [0, 0.05) is 20.2 Å². The lowest BCUT2D eigenvalue weighted by Crippen LogP contribution is -2.52. The summed E-state index contributed by atoms with van der Waals surface area (Å²) in [6.45, 7) is 1.72. The molecule has 2 unspecified atom stereocenters. The Morgan fingerprint density at radius 2 is 2.47 bits per heavy atom. The van der Waals surface area contributed by atoms with Crippen LogP contribution >= 0.6 is 0 Å². The average Bonchev–Trinajstić information content (AvgIpc) is 2.18. The zero-order valence-electron chi connectivity index (χ0n) is 8.76. The van der Waals surface area contributed by atoms with Gasteiger partial charge in [-0.15, -0.1) is 0 Å². The molecule has 1 fully saturated rings. The zero-order chi connectivity index (χ0) is 11.3.